The van der Waals surface area contributed by atoms with Crippen molar-refractivity contribution in [2.75, 3.05) is 76.2 Å². The first kappa shape index (κ1) is 72.1. The van der Waals surface area contributed by atoms with E-state index in [2.05, 4.69) is 63.3 Å². The first-order valence-corrected chi connectivity index (χ1v) is 38.0. The van der Waals surface area contributed by atoms with Crippen molar-refractivity contribution < 1.29 is 43.3 Å². The van der Waals surface area contributed by atoms with Gasteiger partial charge in [0.15, 0.2) is 5.13 Å². The quantitative estimate of drug-likeness (QED) is 0.0685. The molecular weight excluding hydrogens is 1290 g/mol. The number of hydrogen-bond donors (Lipinski definition) is 3. The van der Waals surface area contributed by atoms with Crippen molar-refractivity contribution in [2.45, 2.75) is 178 Å². The van der Waals surface area contributed by atoms with Crippen LogP contribution in [0, 0.1) is 42.4 Å². The minimum absolute atomic E-state index is 0.00521. The number of carbonyl (C=O) groups is 6. The predicted octanol–water partition coefficient (Wildman–Crippen LogP) is 13.7. The lowest BCUT2D eigenvalue weighted by Gasteiger charge is -2.43. The minimum Gasteiger partial charge on any atom is -0.496 e. The molecule has 0 bridgehead atoms. The maximum atomic E-state index is 15.3. The zero-order valence-corrected chi connectivity index (χ0v) is 60.8. The van der Waals surface area contributed by atoms with Gasteiger partial charge < -0.3 is 39.5 Å². The molecule has 3 unspecified atom stereocenters. The van der Waals surface area contributed by atoms with Gasteiger partial charge in [0.2, 0.25) is 17.7 Å². The van der Waals surface area contributed by atoms with Crippen LogP contribution in [-0.4, -0.2) is 154 Å². The zero-order valence-electron chi connectivity index (χ0n) is 58.4. The molecule has 6 aromatic rings. The Hall–Kier alpha value is -7.17. The number of anilines is 2. The van der Waals surface area contributed by atoms with Crippen molar-refractivity contribution in [3.8, 4) is 16.2 Å². The third-order valence-electron chi connectivity index (χ3n) is 21.5. The number of ether oxygens (including phenoxy) is 2. The van der Waals surface area contributed by atoms with Gasteiger partial charge in [0.05, 0.1) is 56.7 Å². The summed E-state index contributed by atoms with van der Waals surface area (Å²) in [6, 6.07) is 29.1. The number of esters is 1. The van der Waals surface area contributed by atoms with Crippen LogP contribution in [0.5, 0.6) is 5.75 Å². The number of thiazole rings is 2. The molecule has 2 aromatic heterocycles. The highest BCUT2D eigenvalue weighted by atomic mass is 32.2. The second-order valence-electron chi connectivity index (χ2n) is 28.9. The van der Waals surface area contributed by atoms with E-state index in [1.807, 2.05) is 105 Å². The van der Waals surface area contributed by atoms with Gasteiger partial charge in [-0.05, 0) is 148 Å². The highest BCUT2D eigenvalue weighted by molar-refractivity contribution is 8.01. The molecule has 4 aromatic carbocycles. The topological polar surface area (TPSA) is 207 Å². The van der Waals surface area contributed by atoms with Crippen LogP contribution in [0.15, 0.2) is 112 Å². The lowest BCUT2D eigenvalue weighted by Crippen LogP contribution is -2.51. The van der Waals surface area contributed by atoms with E-state index in [1.54, 1.807) is 46.3 Å². The van der Waals surface area contributed by atoms with Crippen LogP contribution in [0.1, 0.15) is 174 Å². The van der Waals surface area contributed by atoms with Gasteiger partial charge in [-0.15, -0.1) is 11.3 Å². The van der Waals surface area contributed by atoms with Crippen molar-refractivity contribution in [3.05, 3.63) is 136 Å². The molecule has 2 saturated carbocycles. The van der Waals surface area contributed by atoms with E-state index in [1.165, 1.54) is 23.1 Å². The lowest BCUT2D eigenvalue weighted by atomic mass is 9.64. The number of rotatable bonds is 18. The summed E-state index contributed by atoms with van der Waals surface area (Å²) in [7, 11) is 1.56. The van der Waals surface area contributed by atoms with Crippen molar-refractivity contribution in [1.82, 2.24) is 34.9 Å². The molecule has 6 atom stereocenters. The van der Waals surface area contributed by atoms with Gasteiger partial charge in [-0.3, -0.25) is 39.0 Å². The Morgan fingerprint density at radius 1 is 0.786 bits per heavy atom. The van der Waals surface area contributed by atoms with E-state index in [0.717, 1.165) is 151 Å². The fourth-order valence-electron chi connectivity index (χ4n) is 16.2. The average Bonchev–Trinajstić information content (AvgIpc) is 1.49. The van der Waals surface area contributed by atoms with E-state index < -0.39 is 23.0 Å². The Balaban J connectivity index is 0.679. The molecule has 5 heterocycles. The summed E-state index contributed by atoms with van der Waals surface area (Å²) in [5, 5.41) is 17.8. The Morgan fingerprint density at radius 2 is 1.47 bits per heavy atom. The van der Waals surface area contributed by atoms with Crippen molar-refractivity contribution in [2.24, 2.45) is 28.6 Å². The van der Waals surface area contributed by atoms with Crippen LogP contribution >= 0.6 is 34.4 Å². The van der Waals surface area contributed by atoms with E-state index >= 15 is 9.59 Å². The Kier molecular flexibility index (Phi) is 23.9. The third-order valence-corrected chi connectivity index (χ3v) is 24.7. The highest BCUT2D eigenvalue weighted by Crippen LogP contribution is 2.50. The number of nitrogens with zero attached hydrogens (tertiary/aromatic N) is 7. The fourth-order valence-corrected chi connectivity index (χ4v) is 18.9. The normalized spacial score (nSPS) is 22.9. The Bertz CT molecular complexity index is 3720. The van der Waals surface area contributed by atoms with Crippen LogP contribution in [0.25, 0.3) is 10.4 Å². The second kappa shape index (κ2) is 32.4. The molecular formula is C77H99N9O9S3. The maximum Gasteiger partial charge on any atom is 0.312 e. The molecule has 11 rings (SSSR count). The molecule has 0 spiro atoms. The molecule has 98 heavy (non-hydrogen) atoms. The number of amides is 5. The molecule has 5 aliphatic rings. The maximum absolute atomic E-state index is 15.3. The van der Waals surface area contributed by atoms with Gasteiger partial charge in [0.1, 0.15) is 18.4 Å². The summed E-state index contributed by atoms with van der Waals surface area (Å²) in [6.07, 6.45) is 12.8. The molecule has 3 aliphatic heterocycles. The fraction of sp³-hybridized carbons (Fsp3) is 0.532. The lowest BCUT2D eigenvalue weighted by molar-refractivity contribution is -0.164. The summed E-state index contributed by atoms with van der Waals surface area (Å²) in [6.45, 7) is 19.8. The van der Waals surface area contributed by atoms with E-state index in [9.17, 15) is 24.3 Å². The zero-order chi connectivity index (χ0) is 69.3. The van der Waals surface area contributed by atoms with Crippen LogP contribution in [0.4, 0.5) is 10.8 Å². The summed E-state index contributed by atoms with van der Waals surface area (Å²) in [5.41, 5.74) is 7.80. The summed E-state index contributed by atoms with van der Waals surface area (Å²) < 4.78 is 12.9. The SMILES string of the molecule is COc1cc(C)c(Sc2cnc(NC(=O)c3ccc(N4CCN(C5CCCC(C6(C(=O)OCc7ccccc7)CCCCC([C@H](C(=O)N7C[C@H](O)CC7C(=O)N[C@@H](C)c7ccc(-c8scnc8C)cc7)C(C)(C)C)CCC6)CCC5)CC4)cc3)s2)cc1C(=O)N1CCN(C(C)=O)CC1. The molecule has 3 saturated heterocycles. The number of aromatic nitrogens is 2. The number of piperazine rings is 2. The molecule has 2 aliphatic carbocycles. The van der Waals surface area contributed by atoms with Gasteiger partial charge in [-0.1, -0.05) is 131 Å². The van der Waals surface area contributed by atoms with Gasteiger partial charge in [0.25, 0.3) is 11.8 Å². The smallest absolute Gasteiger partial charge is 0.312 e. The molecule has 524 valence electrons. The summed E-state index contributed by atoms with van der Waals surface area (Å²) in [4.78, 5) is 105. The predicted molar refractivity (Wildman–Crippen MR) is 388 cm³/mol. The van der Waals surface area contributed by atoms with Crippen LogP contribution in [0.3, 0.4) is 0 Å². The van der Waals surface area contributed by atoms with E-state index in [-0.39, 0.29) is 78.9 Å². The van der Waals surface area contributed by atoms with Gasteiger partial charge >= 0.3 is 5.97 Å². The van der Waals surface area contributed by atoms with Crippen LogP contribution in [-0.2, 0) is 30.5 Å². The molecule has 5 amide bonds. The molecule has 0 radical (unpaired) electrons. The number of benzene rings is 4. The van der Waals surface area contributed by atoms with Crippen molar-refractivity contribution in [1.29, 1.82) is 0 Å². The number of nitrogens with one attached hydrogen (secondary N) is 2. The minimum atomic E-state index is -0.802. The summed E-state index contributed by atoms with van der Waals surface area (Å²) >= 11 is 4.46. The number of aliphatic hydroxyl groups is 1. The first-order valence-electron chi connectivity index (χ1n) is 35.4. The highest BCUT2D eigenvalue weighted by Gasteiger charge is 2.50. The Labute approximate surface area is 591 Å². The number of hydrogen-bond acceptors (Lipinski definition) is 16. The number of methoxy groups -OCH3 is 1. The van der Waals surface area contributed by atoms with Gasteiger partial charge in [-0.25, -0.2) is 9.97 Å². The largest absolute Gasteiger partial charge is 0.496 e. The Morgan fingerprint density at radius 3 is 2.13 bits per heavy atom. The molecule has 3 N–H and O–H groups in total. The number of carbonyl (C=O) groups excluding carboxylic acids is 6. The molecule has 21 heteroatoms. The molecule has 5 fully saturated rings. The van der Waals surface area contributed by atoms with E-state index in [4.69, 9.17) is 9.47 Å². The van der Waals surface area contributed by atoms with Gasteiger partial charge in [0, 0.05) is 100 Å². The third kappa shape index (κ3) is 17.2. The van der Waals surface area contributed by atoms with E-state index in [0.29, 0.717) is 60.6 Å². The number of likely N-dealkylation sites (tertiary alicyclic amines) is 1. The number of aliphatic hydroxyl groups excluding tert-OH is 1. The van der Waals surface area contributed by atoms with Gasteiger partial charge in [-0.2, -0.15) is 0 Å². The van der Waals surface area contributed by atoms with Crippen LogP contribution < -0.4 is 20.3 Å². The number of β-amino-alcohol motifs (C(OH)–C–C–N with tert-alkyl or cyclic N) is 1. The second-order valence-corrected chi connectivity index (χ2v) is 32.1. The average molecular weight is 1390 g/mol. The number of aryl methyl sites for hydroxylation is 2. The first-order chi connectivity index (χ1) is 47.2. The monoisotopic (exact) mass is 1390 g/mol. The summed E-state index contributed by atoms with van der Waals surface area (Å²) in [5.74, 6) is -0.456. The molecule has 18 nitrogen and oxygen atoms in total. The van der Waals surface area contributed by atoms with Crippen molar-refractivity contribution >= 4 is 80.8 Å². The standard InChI is InChI=1S/C77H99N9O9S3/c1-50-43-65(94-8)63(72(91)85-41-35-82(36-42-85)53(4)87)45-66(50)97-67-46-78-75(98-67)81-70(89)58-29-31-61(32-30-58)84-39-37-83(38-40-84)60-23-14-21-59(22-15-24-60)77(74(93)95-48-54-17-10-9-11-18-54)33-13-12-19-56(20-16-34-77)68(76(5,6)7)73(92)86-47-62(88)44-64(86)71(90)80-51(2)55-25-27-57(28-26-55)69-52(3)79-49-96-69/h9-11,17-18,25-32,43,45-46,49,51,56,59-60,62,64,68,88H,12-16,19-24,33-42,44,47-48H2,1-8H3,(H,80,90)(H,78,81,89)/t51-,56?,59?,60?,62+,64?,68+,77?/m0/s1. The van der Waals surface area contributed by atoms with Crippen LogP contribution in [0.2, 0.25) is 0 Å². The van der Waals surface area contributed by atoms with Crippen molar-refractivity contribution in [3.63, 3.8) is 0 Å².